The average Bonchev–Trinajstić information content (AvgIpc) is 2.78. The predicted molar refractivity (Wildman–Crippen MR) is 117 cm³/mol. The van der Waals surface area contributed by atoms with Crippen molar-refractivity contribution in [1.82, 2.24) is 0 Å². The maximum Gasteiger partial charge on any atom is 0.337 e. The fourth-order valence-electron chi connectivity index (χ4n) is 2.94. The highest BCUT2D eigenvalue weighted by Gasteiger charge is 2.15. The van der Waals surface area contributed by atoms with Crippen molar-refractivity contribution in [3.8, 4) is 0 Å². The zero-order valence-electron chi connectivity index (χ0n) is 16.5. The van der Waals surface area contributed by atoms with Crippen molar-refractivity contribution < 1.29 is 14.3 Å². The number of anilines is 1. The van der Waals surface area contributed by atoms with Gasteiger partial charge in [-0.3, -0.25) is 4.79 Å². The number of methoxy groups -OCH3 is 1. The lowest BCUT2D eigenvalue weighted by molar-refractivity contribution is 0.0600. The van der Waals surface area contributed by atoms with Crippen LogP contribution in [0.25, 0.3) is 12.2 Å². The van der Waals surface area contributed by atoms with Crippen molar-refractivity contribution in [1.29, 1.82) is 0 Å². The Labute approximate surface area is 170 Å². The third-order valence-corrected chi connectivity index (χ3v) is 4.52. The summed E-state index contributed by atoms with van der Waals surface area (Å²) in [6, 6.07) is 24.0. The van der Waals surface area contributed by atoms with Crippen LogP contribution in [0.4, 0.5) is 5.69 Å². The number of hydrogen-bond donors (Lipinski definition) is 1. The molecule has 4 nitrogen and oxygen atoms in total. The Morgan fingerprint density at radius 3 is 2.17 bits per heavy atom. The number of carbonyl (C=O) groups excluding carboxylic acids is 2. The Hall–Kier alpha value is -3.66. The predicted octanol–water partition coefficient (Wildman–Crippen LogP) is 5.33. The SMILES string of the molecule is COC(=O)c1ccc(N[C@@H](C)C(=O)c2cccc(/C=C/c3ccccc3)c2)cc1. The molecule has 0 unspecified atom stereocenters. The van der Waals surface area contributed by atoms with Gasteiger partial charge < -0.3 is 10.1 Å². The highest BCUT2D eigenvalue weighted by atomic mass is 16.5. The number of Topliss-reactive ketones (excluding diaryl/α,β-unsaturated/α-hetero) is 1. The van der Waals surface area contributed by atoms with Gasteiger partial charge in [-0.15, -0.1) is 0 Å². The largest absolute Gasteiger partial charge is 0.465 e. The van der Waals surface area contributed by atoms with Gasteiger partial charge in [0, 0.05) is 11.3 Å². The van der Waals surface area contributed by atoms with E-state index in [1.807, 2.05) is 73.7 Å². The minimum absolute atomic E-state index is 0.00277. The molecule has 0 heterocycles. The minimum atomic E-state index is -0.410. The number of hydrogen-bond acceptors (Lipinski definition) is 4. The molecule has 1 N–H and O–H groups in total. The second-order valence-corrected chi connectivity index (χ2v) is 6.67. The van der Waals surface area contributed by atoms with Crippen LogP contribution in [0.5, 0.6) is 0 Å². The van der Waals surface area contributed by atoms with E-state index in [1.54, 1.807) is 24.3 Å². The number of esters is 1. The van der Waals surface area contributed by atoms with Crippen LogP contribution >= 0.6 is 0 Å². The first kappa shape index (κ1) is 20.1. The van der Waals surface area contributed by atoms with Gasteiger partial charge in [-0.1, -0.05) is 60.7 Å². The van der Waals surface area contributed by atoms with E-state index in [-0.39, 0.29) is 11.8 Å². The molecular formula is C25H23NO3. The summed E-state index contributed by atoms with van der Waals surface area (Å²) in [4.78, 5) is 24.3. The van der Waals surface area contributed by atoms with E-state index in [1.165, 1.54) is 7.11 Å². The Morgan fingerprint density at radius 2 is 1.48 bits per heavy atom. The Kier molecular flexibility index (Phi) is 6.59. The van der Waals surface area contributed by atoms with Crippen LogP contribution in [0.15, 0.2) is 78.9 Å². The standard InChI is InChI=1S/C25H23NO3/c1-18(26-23-15-13-21(14-16-23)25(28)29-2)24(27)22-10-6-9-20(17-22)12-11-19-7-4-3-5-8-19/h3-18,26H,1-2H3/b12-11+/t18-/m0/s1. The maximum atomic E-state index is 12.8. The van der Waals surface area contributed by atoms with Crippen molar-refractivity contribution >= 4 is 29.6 Å². The molecule has 0 bridgehead atoms. The van der Waals surface area contributed by atoms with Gasteiger partial charge in [0.25, 0.3) is 0 Å². The van der Waals surface area contributed by atoms with Crippen LogP contribution in [0.3, 0.4) is 0 Å². The van der Waals surface area contributed by atoms with Crippen molar-refractivity contribution in [2.75, 3.05) is 12.4 Å². The minimum Gasteiger partial charge on any atom is -0.465 e. The molecule has 0 aliphatic heterocycles. The summed E-state index contributed by atoms with van der Waals surface area (Å²) in [5.74, 6) is -0.391. The smallest absolute Gasteiger partial charge is 0.337 e. The molecule has 4 heteroatoms. The molecule has 0 aliphatic carbocycles. The van der Waals surface area contributed by atoms with Crippen LogP contribution in [0, 0.1) is 0 Å². The molecule has 3 aromatic rings. The number of ether oxygens (including phenoxy) is 1. The Morgan fingerprint density at radius 1 is 0.828 bits per heavy atom. The van der Waals surface area contributed by atoms with E-state index in [2.05, 4.69) is 5.32 Å². The third-order valence-electron chi connectivity index (χ3n) is 4.52. The molecule has 0 radical (unpaired) electrons. The fraction of sp³-hybridized carbons (Fsp3) is 0.120. The number of benzene rings is 3. The second kappa shape index (κ2) is 9.51. The average molecular weight is 385 g/mol. The topological polar surface area (TPSA) is 55.4 Å². The maximum absolute atomic E-state index is 12.8. The molecule has 146 valence electrons. The number of rotatable bonds is 7. The first-order valence-electron chi connectivity index (χ1n) is 9.39. The normalized spacial score (nSPS) is 11.8. The van der Waals surface area contributed by atoms with Gasteiger partial charge in [0.2, 0.25) is 0 Å². The summed E-state index contributed by atoms with van der Waals surface area (Å²) in [7, 11) is 1.35. The third kappa shape index (κ3) is 5.42. The molecule has 3 aromatic carbocycles. The molecule has 0 aliphatic rings. The Balaban J connectivity index is 1.68. The van der Waals surface area contributed by atoms with Crippen molar-refractivity contribution in [2.45, 2.75) is 13.0 Å². The van der Waals surface area contributed by atoms with Gasteiger partial charge in [-0.25, -0.2) is 4.79 Å². The first-order chi connectivity index (χ1) is 14.1. The molecule has 1 atom stereocenters. The van der Waals surface area contributed by atoms with Gasteiger partial charge in [0.1, 0.15) is 0 Å². The lowest BCUT2D eigenvalue weighted by Crippen LogP contribution is -2.26. The van der Waals surface area contributed by atoms with Gasteiger partial charge in [-0.05, 0) is 48.4 Å². The molecule has 29 heavy (non-hydrogen) atoms. The summed E-state index contributed by atoms with van der Waals surface area (Å²) < 4.78 is 4.69. The van der Waals surface area contributed by atoms with Gasteiger partial charge in [0.05, 0.1) is 18.7 Å². The summed E-state index contributed by atoms with van der Waals surface area (Å²) >= 11 is 0. The van der Waals surface area contributed by atoms with Crippen molar-refractivity contribution in [3.05, 3.63) is 101 Å². The van der Waals surface area contributed by atoms with Crippen LogP contribution in [-0.4, -0.2) is 24.9 Å². The summed E-state index contributed by atoms with van der Waals surface area (Å²) in [5.41, 5.74) is 3.95. The van der Waals surface area contributed by atoms with E-state index >= 15 is 0 Å². The van der Waals surface area contributed by atoms with Gasteiger partial charge >= 0.3 is 5.97 Å². The van der Waals surface area contributed by atoms with Crippen molar-refractivity contribution in [3.63, 3.8) is 0 Å². The quantitative estimate of drug-likeness (QED) is 0.339. The highest BCUT2D eigenvalue weighted by molar-refractivity contribution is 6.02. The fourth-order valence-corrected chi connectivity index (χ4v) is 2.94. The molecule has 0 spiro atoms. The van der Waals surface area contributed by atoms with Crippen molar-refractivity contribution in [2.24, 2.45) is 0 Å². The number of ketones is 1. The first-order valence-corrected chi connectivity index (χ1v) is 9.39. The molecule has 0 saturated carbocycles. The molecular weight excluding hydrogens is 362 g/mol. The zero-order chi connectivity index (χ0) is 20.6. The Bertz CT molecular complexity index is 1010. The lowest BCUT2D eigenvalue weighted by atomic mass is 10.0. The molecule has 0 fully saturated rings. The summed E-state index contributed by atoms with van der Waals surface area (Å²) in [5, 5.41) is 3.18. The molecule has 0 amide bonds. The van der Waals surface area contributed by atoms with Gasteiger partial charge in [-0.2, -0.15) is 0 Å². The lowest BCUT2D eigenvalue weighted by Gasteiger charge is -2.15. The highest BCUT2D eigenvalue weighted by Crippen LogP contribution is 2.16. The van der Waals surface area contributed by atoms with Crippen LogP contribution < -0.4 is 5.32 Å². The van der Waals surface area contributed by atoms with E-state index in [9.17, 15) is 9.59 Å². The molecule has 3 rings (SSSR count). The van der Waals surface area contributed by atoms with Crippen LogP contribution in [0.1, 0.15) is 38.8 Å². The van der Waals surface area contributed by atoms with Crippen LogP contribution in [0.2, 0.25) is 0 Å². The van der Waals surface area contributed by atoms with E-state index in [0.29, 0.717) is 11.1 Å². The zero-order valence-corrected chi connectivity index (χ0v) is 16.5. The summed E-state index contributed by atoms with van der Waals surface area (Å²) in [6.45, 7) is 1.82. The van der Waals surface area contributed by atoms with Crippen LogP contribution in [-0.2, 0) is 4.74 Å². The second-order valence-electron chi connectivity index (χ2n) is 6.67. The number of carbonyl (C=O) groups is 2. The van der Waals surface area contributed by atoms with E-state index in [4.69, 9.17) is 4.74 Å². The summed E-state index contributed by atoms with van der Waals surface area (Å²) in [6.07, 6.45) is 4.02. The van der Waals surface area contributed by atoms with E-state index < -0.39 is 6.04 Å². The molecule has 0 saturated heterocycles. The van der Waals surface area contributed by atoms with E-state index in [0.717, 1.165) is 16.8 Å². The monoisotopic (exact) mass is 385 g/mol. The van der Waals surface area contributed by atoms with Gasteiger partial charge in [0.15, 0.2) is 5.78 Å². The molecule has 0 aromatic heterocycles. The number of nitrogens with one attached hydrogen (secondary N) is 1.